The summed E-state index contributed by atoms with van der Waals surface area (Å²) in [6, 6.07) is -1.15. The van der Waals surface area contributed by atoms with Gasteiger partial charge in [0.2, 0.25) is 5.91 Å². The first-order valence-corrected chi connectivity index (χ1v) is 4.03. The third kappa shape index (κ3) is 4.32. The number of hydrogen-bond donors (Lipinski definition) is 2. The average Bonchev–Trinajstić information content (AvgIpc) is 2.10. The maximum atomic E-state index is 11.1. The summed E-state index contributed by atoms with van der Waals surface area (Å²) < 4.78 is 0. The minimum absolute atomic E-state index is 0.287. The molecule has 0 aliphatic rings. The van der Waals surface area contributed by atoms with E-state index in [-0.39, 0.29) is 18.4 Å². The summed E-state index contributed by atoms with van der Waals surface area (Å²) in [4.78, 5) is 24.1. The third-order valence-corrected chi connectivity index (χ3v) is 1.47. The maximum absolute atomic E-state index is 11.1. The number of amides is 1. The van der Waals surface area contributed by atoms with Gasteiger partial charge in [0.1, 0.15) is 6.04 Å². The second-order valence-corrected chi connectivity index (χ2v) is 2.97. The SMILES string of the molecule is CC(C)C(=O)N[C@H](CN=[N+]=[N-])C(=O)O. The van der Waals surface area contributed by atoms with Crippen molar-refractivity contribution in [3.8, 4) is 0 Å². The summed E-state index contributed by atoms with van der Waals surface area (Å²) in [6.07, 6.45) is 0. The number of carbonyl (C=O) groups is 2. The third-order valence-electron chi connectivity index (χ3n) is 1.47. The van der Waals surface area contributed by atoms with Crippen molar-refractivity contribution in [2.45, 2.75) is 19.9 Å². The molecule has 78 valence electrons. The summed E-state index contributed by atoms with van der Waals surface area (Å²) in [5.74, 6) is -1.90. The van der Waals surface area contributed by atoms with Crippen LogP contribution in [-0.4, -0.2) is 29.6 Å². The van der Waals surface area contributed by atoms with Gasteiger partial charge in [0.05, 0.1) is 6.54 Å². The lowest BCUT2D eigenvalue weighted by Crippen LogP contribution is -2.44. The Hall–Kier alpha value is -1.75. The number of carboxylic acids is 1. The van der Waals surface area contributed by atoms with E-state index >= 15 is 0 Å². The van der Waals surface area contributed by atoms with Crippen molar-refractivity contribution in [3.05, 3.63) is 10.4 Å². The molecular formula is C7H12N4O3. The van der Waals surface area contributed by atoms with Gasteiger partial charge in [-0.2, -0.15) is 0 Å². The van der Waals surface area contributed by atoms with Gasteiger partial charge in [-0.15, -0.1) is 0 Å². The number of azide groups is 1. The Morgan fingerprint density at radius 2 is 2.14 bits per heavy atom. The second-order valence-electron chi connectivity index (χ2n) is 2.97. The first-order chi connectivity index (χ1) is 6.49. The molecule has 1 atom stereocenters. The van der Waals surface area contributed by atoms with Gasteiger partial charge in [0, 0.05) is 10.8 Å². The number of carboxylic acid groups (broad SMARTS) is 1. The molecule has 0 spiro atoms. The van der Waals surface area contributed by atoms with Crippen molar-refractivity contribution >= 4 is 11.9 Å². The fraction of sp³-hybridized carbons (Fsp3) is 0.714. The van der Waals surface area contributed by atoms with Crippen LogP contribution in [0.15, 0.2) is 5.11 Å². The van der Waals surface area contributed by atoms with Gasteiger partial charge in [0.25, 0.3) is 0 Å². The van der Waals surface area contributed by atoms with Crippen molar-refractivity contribution in [1.29, 1.82) is 0 Å². The molecule has 0 heterocycles. The summed E-state index contributed by atoms with van der Waals surface area (Å²) in [5.41, 5.74) is 7.99. The van der Waals surface area contributed by atoms with E-state index in [0.717, 1.165) is 0 Å². The molecule has 0 fully saturated rings. The lowest BCUT2D eigenvalue weighted by atomic mass is 10.2. The lowest BCUT2D eigenvalue weighted by molar-refractivity contribution is -0.141. The molecule has 0 bridgehead atoms. The van der Waals surface area contributed by atoms with Crippen LogP contribution >= 0.6 is 0 Å². The monoisotopic (exact) mass is 200 g/mol. The van der Waals surface area contributed by atoms with Gasteiger partial charge in [-0.05, 0) is 5.53 Å². The Kier molecular flexibility index (Phi) is 5.09. The van der Waals surface area contributed by atoms with Crippen LogP contribution in [0.4, 0.5) is 0 Å². The zero-order valence-corrected chi connectivity index (χ0v) is 7.97. The molecule has 0 radical (unpaired) electrons. The highest BCUT2D eigenvalue weighted by molar-refractivity contribution is 5.84. The molecule has 0 aromatic rings. The Labute approximate surface area is 80.7 Å². The summed E-state index contributed by atoms with van der Waals surface area (Å²) in [7, 11) is 0. The Bertz CT molecular complexity index is 270. The number of hydrogen-bond acceptors (Lipinski definition) is 3. The normalized spacial score (nSPS) is 11.6. The minimum atomic E-state index is -1.22. The summed E-state index contributed by atoms with van der Waals surface area (Å²) in [6.45, 7) is 2.99. The molecule has 0 aromatic heterocycles. The highest BCUT2D eigenvalue weighted by atomic mass is 16.4. The highest BCUT2D eigenvalue weighted by Crippen LogP contribution is 1.94. The van der Waals surface area contributed by atoms with Gasteiger partial charge in [0.15, 0.2) is 0 Å². The highest BCUT2D eigenvalue weighted by Gasteiger charge is 2.20. The van der Waals surface area contributed by atoms with Crippen molar-refractivity contribution in [2.75, 3.05) is 6.54 Å². The van der Waals surface area contributed by atoms with Gasteiger partial charge < -0.3 is 10.4 Å². The second kappa shape index (κ2) is 5.82. The molecule has 0 saturated carbocycles. The molecule has 7 heteroatoms. The predicted molar refractivity (Wildman–Crippen MR) is 48.4 cm³/mol. The van der Waals surface area contributed by atoms with Crippen LogP contribution in [0.25, 0.3) is 10.4 Å². The molecule has 2 N–H and O–H groups in total. The van der Waals surface area contributed by atoms with Crippen LogP contribution in [0.2, 0.25) is 0 Å². The van der Waals surface area contributed by atoms with E-state index in [9.17, 15) is 9.59 Å². The molecule has 0 unspecified atom stereocenters. The average molecular weight is 200 g/mol. The maximum Gasteiger partial charge on any atom is 0.326 e. The number of carbonyl (C=O) groups excluding carboxylic acids is 1. The van der Waals surface area contributed by atoms with Gasteiger partial charge in [-0.3, -0.25) is 4.79 Å². The van der Waals surface area contributed by atoms with Crippen LogP contribution in [0, 0.1) is 5.92 Å². The molecule has 0 aliphatic heterocycles. The molecule has 14 heavy (non-hydrogen) atoms. The van der Waals surface area contributed by atoms with Gasteiger partial charge in [-0.1, -0.05) is 19.0 Å². The lowest BCUT2D eigenvalue weighted by Gasteiger charge is -2.13. The Balaban J connectivity index is 4.30. The van der Waals surface area contributed by atoms with E-state index in [4.69, 9.17) is 10.6 Å². The van der Waals surface area contributed by atoms with E-state index in [1.807, 2.05) is 0 Å². The Morgan fingerprint density at radius 1 is 1.57 bits per heavy atom. The number of rotatable bonds is 5. The van der Waals surface area contributed by atoms with Crippen molar-refractivity contribution in [1.82, 2.24) is 5.32 Å². The van der Waals surface area contributed by atoms with Crippen molar-refractivity contribution < 1.29 is 14.7 Å². The van der Waals surface area contributed by atoms with E-state index in [1.54, 1.807) is 13.8 Å². The molecule has 0 saturated heterocycles. The van der Waals surface area contributed by atoms with E-state index < -0.39 is 12.0 Å². The first kappa shape index (κ1) is 12.2. The Morgan fingerprint density at radius 3 is 2.50 bits per heavy atom. The molecule has 0 rings (SSSR count). The molecule has 0 aliphatic carbocycles. The van der Waals surface area contributed by atoms with Crippen LogP contribution in [0.3, 0.4) is 0 Å². The molecule has 7 nitrogen and oxygen atoms in total. The van der Waals surface area contributed by atoms with E-state index in [2.05, 4.69) is 15.3 Å². The zero-order valence-electron chi connectivity index (χ0n) is 7.97. The van der Waals surface area contributed by atoms with Crippen LogP contribution in [0.1, 0.15) is 13.8 Å². The van der Waals surface area contributed by atoms with E-state index in [1.165, 1.54) is 0 Å². The van der Waals surface area contributed by atoms with Crippen LogP contribution < -0.4 is 5.32 Å². The zero-order chi connectivity index (χ0) is 11.1. The standard InChI is InChI=1S/C7H12N4O3/c1-4(2)6(12)10-5(7(13)14)3-9-11-8/h4-5H,3H2,1-2H3,(H,10,12)(H,13,14)/t5-/m1/s1. The number of nitrogens with one attached hydrogen (secondary N) is 1. The quantitative estimate of drug-likeness (QED) is 0.383. The number of aliphatic carboxylic acids is 1. The largest absolute Gasteiger partial charge is 0.480 e. The summed E-state index contributed by atoms with van der Waals surface area (Å²) in [5, 5.41) is 14.0. The molecule has 0 aromatic carbocycles. The van der Waals surface area contributed by atoms with Crippen LogP contribution in [-0.2, 0) is 9.59 Å². The topological polar surface area (TPSA) is 115 Å². The van der Waals surface area contributed by atoms with E-state index in [0.29, 0.717) is 0 Å². The van der Waals surface area contributed by atoms with Gasteiger partial charge >= 0.3 is 5.97 Å². The first-order valence-electron chi connectivity index (χ1n) is 4.03. The van der Waals surface area contributed by atoms with Crippen molar-refractivity contribution in [3.63, 3.8) is 0 Å². The van der Waals surface area contributed by atoms with Gasteiger partial charge in [-0.25, -0.2) is 4.79 Å². The fourth-order valence-electron chi connectivity index (χ4n) is 0.642. The van der Waals surface area contributed by atoms with Crippen molar-refractivity contribution in [2.24, 2.45) is 11.0 Å². The fourth-order valence-corrected chi connectivity index (χ4v) is 0.642. The summed E-state index contributed by atoms with van der Waals surface area (Å²) >= 11 is 0. The molecular weight excluding hydrogens is 188 g/mol. The predicted octanol–water partition coefficient (Wildman–Crippen LogP) is 0.522. The smallest absolute Gasteiger partial charge is 0.326 e. The number of nitrogens with zero attached hydrogens (tertiary/aromatic N) is 3. The molecule has 1 amide bonds. The minimum Gasteiger partial charge on any atom is -0.480 e. The van der Waals surface area contributed by atoms with Crippen LogP contribution in [0.5, 0.6) is 0 Å².